The second kappa shape index (κ2) is 5.61. The molecule has 0 aliphatic carbocycles. The molecule has 1 aromatic rings. The summed E-state index contributed by atoms with van der Waals surface area (Å²) in [6.07, 6.45) is 0. The predicted molar refractivity (Wildman–Crippen MR) is 62.4 cm³/mol. The third-order valence-electron chi connectivity index (χ3n) is 2.13. The van der Waals surface area contributed by atoms with E-state index in [9.17, 15) is 12.8 Å². The number of hydrogen-bond donors (Lipinski definition) is 0. The fourth-order valence-corrected chi connectivity index (χ4v) is 2.64. The molecule has 3 nitrogen and oxygen atoms in total. The van der Waals surface area contributed by atoms with Gasteiger partial charge >= 0.3 is 0 Å². The van der Waals surface area contributed by atoms with Gasteiger partial charge in [0.25, 0.3) is 0 Å². The lowest BCUT2D eigenvalue weighted by atomic mass is 10.2. The van der Waals surface area contributed by atoms with Crippen LogP contribution in [0.2, 0.25) is 0 Å². The van der Waals surface area contributed by atoms with Crippen molar-refractivity contribution in [3.63, 3.8) is 0 Å². The van der Waals surface area contributed by atoms with Gasteiger partial charge in [-0.3, -0.25) is 0 Å². The van der Waals surface area contributed by atoms with Gasteiger partial charge in [-0.05, 0) is 17.7 Å². The Labute approximate surface area is 99.9 Å². The Hall–Kier alpha value is -0.650. The van der Waals surface area contributed by atoms with E-state index in [1.807, 2.05) is 0 Å². The van der Waals surface area contributed by atoms with Crippen molar-refractivity contribution in [1.82, 2.24) is 4.31 Å². The van der Waals surface area contributed by atoms with Gasteiger partial charge in [-0.25, -0.2) is 17.1 Å². The molecular formula is C10H13ClFNO2S. The standard InChI is InChI=1S/C10H13ClFNO2S/c1-13(16(14,15)7-6-11)8-9-2-4-10(12)5-3-9/h2-5H,6-8H2,1H3. The molecule has 0 saturated heterocycles. The third-order valence-corrected chi connectivity index (χ3v) is 4.34. The first kappa shape index (κ1) is 13.4. The summed E-state index contributed by atoms with van der Waals surface area (Å²) in [5, 5.41) is 0. The van der Waals surface area contributed by atoms with Crippen molar-refractivity contribution >= 4 is 21.6 Å². The van der Waals surface area contributed by atoms with Gasteiger partial charge in [0.1, 0.15) is 5.82 Å². The SMILES string of the molecule is CN(Cc1ccc(F)cc1)S(=O)(=O)CCCl. The van der Waals surface area contributed by atoms with Gasteiger partial charge < -0.3 is 0 Å². The van der Waals surface area contributed by atoms with Crippen molar-refractivity contribution < 1.29 is 12.8 Å². The normalized spacial score (nSPS) is 12.0. The molecular weight excluding hydrogens is 253 g/mol. The van der Waals surface area contributed by atoms with Crippen LogP contribution in [0.5, 0.6) is 0 Å². The molecule has 90 valence electrons. The lowest BCUT2D eigenvalue weighted by Crippen LogP contribution is -2.29. The van der Waals surface area contributed by atoms with E-state index in [0.717, 1.165) is 5.56 Å². The highest BCUT2D eigenvalue weighted by Gasteiger charge is 2.16. The quantitative estimate of drug-likeness (QED) is 0.762. The summed E-state index contributed by atoms with van der Waals surface area (Å²) < 4.78 is 37.0. The minimum Gasteiger partial charge on any atom is -0.212 e. The fraction of sp³-hybridized carbons (Fsp3) is 0.400. The molecule has 6 heteroatoms. The fourth-order valence-electron chi connectivity index (χ4n) is 1.20. The van der Waals surface area contributed by atoms with Gasteiger partial charge in [0.2, 0.25) is 10.0 Å². The van der Waals surface area contributed by atoms with Crippen LogP contribution in [0.3, 0.4) is 0 Å². The molecule has 0 saturated carbocycles. The van der Waals surface area contributed by atoms with Crippen molar-refractivity contribution in [3.8, 4) is 0 Å². The summed E-state index contributed by atoms with van der Waals surface area (Å²) in [5.74, 6) is -0.363. The highest BCUT2D eigenvalue weighted by Crippen LogP contribution is 2.09. The van der Waals surface area contributed by atoms with Crippen LogP contribution < -0.4 is 0 Å². The maximum absolute atomic E-state index is 12.6. The van der Waals surface area contributed by atoms with E-state index in [-0.39, 0.29) is 24.0 Å². The summed E-state index contributed by atoms with van der Waals surface area (Å²) in [4.78, 5) is 0. The zero-order valence-electron chi connectivity index (χ0n) is 8.86. The van der Waals surface area contributed by atoms with E-state index in [2.05, 4.69) is 0 Å². The number of sulfonamides is 1. The Bertz CT molecular complexity index is 433. The Morgan fingerprint density at radius 1 is 1.31 bits per heavy atom. The van der Waals surface area contributed by atoms with Crippen molar-refractivity contribution in [3.05, 3.63) is 35.6 Å². The molecule has 0 aliphatic heterocycles. The zero-order valence-corrected chi connectivity index (χ0v) is 10.4. The summed E-state index contributed by atoms with van der Waals surface area (Å²) in [7, 11) is -1.83. The van der Waals surface area contributed by atoms with E-state index >= 15 is 0 Å². The Kier molecular flexibility index (Phi) is 4.70. The van der Waals surface area contributed by atoms with Gasteiger partial charge in [0, 0.05) is 19.5 Å². The summed E-state index contributed by atoms with van der Waals surface area (Å²) in [6.45, 7) is 0.222. The molecule has 1 rings (SSSR count). The van der Waals surface area contributed by atoms with Crippen LogP contribution in [0.15, 0.2) is 24.3 Å². The summed E-state index contributed by atoms with van der Waals surface area (Å²) in [5.41, 5.74) is 0.738. The second-order valence-electron chi connectivity index (χ2n) is 3.39. The summed E-state index contributed by atoms with van der Waals surface area (Å²) >= 11 is 5.40. The molecule has 0 spiro atoms. The first-order valence-corrected chi connectivity index (χ1v) is 6.84. The van der Waals surface area contributed by atoms with Crippen molar-refractivity contribution in [1.29, 1.82) is 0 Å². The summed E-state index contributed by atoms with van der Waals surface area (Å²) in [6, 6.07) is 5.72. The van der Waals surface area contributed by atoms with Crippen LogP contribution in [0.4, 0.5) is 4.39 Å². The van der Waals surface area contributed by atoms with Crippen LogP contribution >= 0.6 is 11.6 Å². The Balaban J connectivity index is 2.71. The van der Waals surface area contributed by atoms with E-state index < -0.39 is 10.0 Å². The van der Waals surface area contributed by atoms with Gasteiger partial charge in [0.15, 0.2) is 0 Å². The topological polar surface area (TPSA) is 37.4 Å². The molecule has 0 aromatic heterocycles. The van der Waals surface area contributed by atoms with Crippen LogP contribution in [-0.2, 0) is 16.6 Å². The lowest BCUT2D eigenvalue weighted by Gasteiger charge is -2.16. The maximum Gasteiger partial charge on any atom is 0.215 e. The second-order valence-corrected chi connectivity index (χ2v) is 5.96. The van der Waals surface area contributed by atoms with Crippen molar-refractivity contribution in [2.45, 2.75) is 6.54 Å². The molecule has 0 radical (unpaired) electrons. The average Bonchev–Trinajstić information content (AvgIpc) is 2.21. The van der Waals surface area contributed by atoms with E-state index in [1.54, 1.807) is 12.1 Å². The highest BCUT2D eigenvalue weighted by molar-refractivity contribution is 7.89. The molecule has 0 atom stereocenters. The number of rotatable bonds is 5. The first-order chi connectivity index (χ1) is 7.45. The number of halogens is 2. The molecule has 16 heavy (non-hydrogen) atoms. The van der Waals surface area contributed by atoms with Crippen LogP contribution in [-0.4, -0.2) is 31.4 Å². The van der Waals surface area contributed by atoms with Crippen molar-refractivity contribution in [2.24, 2.45) is 0 Å². The first-order valence-electron chi connectivity index (χ1n) is 4.70. The number of nitrogens with zero attached hydrogens (tertiary/aromatic N) is 1. The van der Waals surface area contributed by atoms with Crippen LogP contribution in [0, 0.1) is 5.82 Å². The molecule has 0 unspecified atom stereocenters. The van der Waals surface area contributed by atoms with Gasteiger partial charge in [-0.1, -0.05) is 12.1 Å². The zero-order chi connectivity index (χ0) is 12.2. The molecule has 0 fully saturated rings. The van der Waals surface area contributed by atoms with E-state index in [0.29, 0.717) is 0 Å². The minimum atomic E-state index is -3.31. The molecule has 0 amide bonds. The molecule has 1 aromatic carbocycles. The third kappa shape index (κ3) is 3.73. The highest BCUT2D eigenvalue weighted by atomic mass is 35.5. The van der Waals surface area contributed by atoms with Crippen molar-refractivity contribution in [2.75, 3.05) is 18.7 Å². The lowest BCUT2D eigenvalue weighted by molar-refractivity contribution is 0.468. The number of benzene rings is 1. The Morgan fingerprint density at radius 3 is 2.38 bits per heavy atom. The molecule has 0 heterocycles. The monoisotopic (exact) mass is 265 g/mol. The largest absolute Gasteiger partial charge is 0.215 e. The molecule has 0 aliphatic rings. The van der Waals surface area contributed by atoms with E-state index in [1.165, 1.54) is 23.5 Å². The maximum atomic E-state index is 12.6. The smallest absolute Gasteiger partial charge is 0.212 e. The molecule has 0 N–H and O–H groups in total. The number of alkyl halides is 1. The predicted octanol–water partition coefficient (Wildman–Crippen LogP) is 1.83. The Morgan fingerprint density at radius 2 is 1.88 bits per heavy atom. The van der Waals surface area contributed by atoms with Crippen LogP contribution in [0.1, 0.15) is 5.56 Å². The average molecular weight is 266 g/mol. The van der Waals surface area contributed by atoms with Gasteiger partial charge in [0.05, 0.1) is 5.75 Å². The van der Waals surface area contributed by atoms with E-state index in [4.69, 9.17) is 11.6 Å². The van der Waals surface area contributed by atoms with Gasteiger partial charge in [-0.15, -0.1) is 11.6 Å². The van der Waals surface area contributed by atoms with Gasteiger partial charge in [-0.2, -0.15) is 0 Å². The van der Waals surface area contributed by atoms with Crippen LogP contribution in [0.25, 0.3) is 0 Å². The molecule has 0 bridgehead atoms. The number of hydrogen-bond acceptors (Lipinski definition) is 2. The minimum absolute atomic E-state index is 0.0656.